The maximum Gasteiger partial charge on any atom is 0.233 e. The third-order valence-electron chi connectivity index (χ3n) is 2.93. The van der Waals surface area contributed by atoms with Crippen LogP contribution in [0.2, 0.25) is 0 Å². The van der Waals surface area contributed by atoms with Crippen LogP contribution in [0.1, 0.15) is 12.5 Å². The average molecular weight is 245 g/mol. The van der Waals surface area contributed by atoms with Crippen molar-refractivity contribution in [2.24, 2.45) is 0 Å². The van der Waals surface area contributed by atoms with Gasteiger partial charge < -0.3 is 15.6 Å². The first-order chi connectivity index (χ1) is 8.81. The zero-order valence-electron chi connectivity index (χ0n) is 10.6. The van der Waals surface area contributed by atoms with E-state index in [0.717, 1.165) is 18.5 Å². The van der Waals surface area contributed by atoms with Crippen molar-refractivity contribution in [2.75, 3.05) is 19.6 Å². The minimum Gasteiger partial charge on any atom is -0.361 e. The lowest BCUT2D eigenvalue weighted by Gasteiger charge is -2.04. The molecule has 0 aliphatic rings. The summed E-state index contributed by atoms with van der Waals surface area (Å²) in [5.74, 6) is 0.0525. The van der Waals surface area contributed by atoms with Crippen LogP contribution in [0.5, 0.6) is 0 Å². The molecule has 0 unspecified atom stereocenters. The predicted octanol–water partition coefficient (Wildman–Crippen LogP) is 1.44. The number of aromatic nitrogens is 1. The molecule has 2 aromatic rings. The third kappa shape index (κ3) is 3.11. The Bertz CT molecular complexity index is 518. The number of nitrogens with one attached hydrogen (secondary N) is 3. The highest BCUT2D eigenvalue weighted by atomic mass is 16.1. The molecule has 18 heavy (non-hydrogen) atoms. The van der Waals surface area contributed by atoms with Crippen LogP contribution in [0.25, 0.3) is 10.9 Å². The molecule has 3 N–H and O–H groups in total. The monoisotopic (exact) mass is 245 g/mol. The summed E-state index contributed by atoms with van der Waals surface area (Å²) >= 11 is 0. The Hall–Kier alpha value is -1.81. The Labute approximate surface area is 107 Å². The SMILES string of the molecule is CCNCC(=O)NCCc1c[nH]c2ccccc12. The molecule has 0 aliphatic heterocycles. The second-order valence-electron chi connectivity index (χ2n) is 4.24. The van der Waals surface area contributed by atoms with Crippen LogP contribution in [0, 0.1) is 0 Å². The molecule has 2 rings (SSSR count). The van der Waals surface area contributed by atoms with Crippen LogP contribution >= 0.6 is 0 Å². The number of hydrogen-bond donors (Lipinski definition) is 3. The van der Waals surface area contributed by atoms with Crippen LogP contribution in [0.15, 0.2) is 30.5 Å². The number of hydrogen-bond acceptors (Lipinski definition) is 2. The van der Waals surface area contributed by atoms with E-state index in [9.17, 15) is 4.79 Å². The van der Waals surface area contributed by atoms with Gasteiger partial charge in [0.25, 0.3) is 0 Å². The molecule has 4 heteroatoms. The van der Waals surface area contributed by atoms with Crippen molar-refractivity contribution in [3.05, 3.63) is 36.0 Å². The highest BCUT2D eigenvalue weighted by Gasteiger charge is 2.03. The maximum atomic E-state index is 11.4. The van der Waals surface area contributed by atoms with Gasteiger partial charge in [0.2, 0.25) is 5.91 Å². The maximum absolute atomic E-state index is 11.4. The molecule has 0 atom stereocenters. The van der Waals surface area contributed by atoms with E-state index in [1.807, 2.05) is 25.3 Å². The van der Waals surface area contributed by atoms with Gasteiger partial charge in [-0.3, -0.25) is 4.79 Å². The largest absolute Gasteiger partial charge is 0.361 e. The topological polar surface area (TPSA) is 56.9 Å². The number of likely N-dealkylation sites (N-methyl/N-ethyl adjacent to an activating group) is 1. The van der Waals surface area contributed by atoms with Gasteiger partial charge in [-0.2, -0.15) is 0 Å². The molecule has 1 aromatic carbocycles. The first-order valence-electron chi connectivity index (χ1n) is 6.33. The fourth-order valence-electron chi connectivity index (χ4n) is 1.98. The Morgan fingerprint density at radius 3 is 3.00 bits per heavy atom. The fourth-order valence-corrected chi connectivity index (χ4v) is 1.98. The van der Waals surface area contributed by atoms with Crippen LogP contribution in [-0.4, -0.2) is 30.5 Å². The van der Waals surface area contributed by atoms with Gasteiger partial charge >= 0.3 is 0 Å². The molecule has 1 aromatic heterocycles. The number of fused-ring (bicyclic) bond motifs is 1. The van der Waals surface area contributed by atoms with Crippen molar-refractivity contribution in [1.29, 1.82) is 0 Å². The van der Waals surface area contributed by atoms with Gasteiger partial charge in [0.05, 0.1) is 6.54 Å². The molecule has 0 spiro atoms. The molecule has 4 nitrogen and oxygen atoms in total. The second kappa shape index (κ2) is 6.21. The normalized spacial score (nSPS) is 10.7. The van der Waals surface area contributed by atoms with E-state index in [1.165, 1.54) is 10.9 Å². The van der Waals surface area contributed by atoms with Crippen LogP contribution in [0.3, 0.4) is 0 Å². The van der Waals surface area contributed by atoms with Gasteiger partial charge in [-0.1, -0.05) is 25.1 Å². The zero-order valence-corrected chi connectivity index (χ0v) is 10.6. The quantitative estimate of drug-likeness (QED) is 0.721. The predicted molar refractivity (Wildman–Crippen MR) is 73.6 cm³/mol. The van der Waals surface area contributed by atoms with Crippen molar-refractivity contribution in [2.45, 2.75) is 13.3 Å². The van der Waals surface area contributed by atoms with E-state index in [4.69, 9.17) is 0 Å². The zero-order chi connectivity index (χ0) is 12.8. The van der Waals surface area contributed by atoms with Crippen LogP contribution < -0.4 is 10.6 Å². The van der Waals surface area contributed by atoms with Gasteiger partial charge in [-0.25, -0.2) is 0 Å². The van der Waals surface area contributed by atoms with Crippen molar-refractivity contribution in [1.82, 2.24) is 15.6 Å². The molecule has 1 amide bonds. The standard InChI is InChI=1S/C14H19N3O/c1-2-15-10-14(18)16-8-7-11-9-17-13-6-4-3-5-12(11)13/h3-6,9,15,17H,2,7-8,10H2,1H3,(H,16,18). The lowest BCUT2D eigenvalue weighted by Crippen LogP contribution is -2.34. The number of H-pyrrole nitrogens is 1. The number of carbonyl (C=O) groups is 1. The lowest BCUT2D eigenvalue weighted by molar-refractivity contribution is -0.120. The van der Waals surface area contributed by atoms with Gasteiger partial charge in [-0.15, -0.1) is 0 Å². The Morgan fingerprint density at radius 2 is 2.17 bits per heavy atom. The molecule has 0 saturated carbocycles. The summed E-state index contributed by atoms with van der Waals surface area (Å²) < 4.78 is 0. The fraction of sp³-hybridized carbons (Fsp3) is 0.357. The van der Waals surface area contributed by atoms with Gasteiger partial charge in [0.15, 0.2) is 0 Å². The molecule has 0 bridgehead atoms. The summed E-state index contributed by atoms with van der Waals surface area (Å²) in [5, 5.41) is 7.14. The molecule has 0 aliphatic carbocycles. The molecular formula is C14H19N3O. The van der Waals surface area contributed by atoms with Crippen molar-refractivity contribution < 1.29 is 4.79 Å². The molecule has 96 valence electrons. The first kappa shape index (κ1) is 12.6. The number of amides is 1. The van der Waals surface area contributed by atoms with E-state index in [0.29, 0.717) is 13.1 Å². The Morgan fingerprint density at radius 1 is 1.33 bits per heavy atom. The number of carbonyl (C=O) groups excluding carboxylic acids is 1. The van der Waals surface area contributed by atoms with E-state index in [1.54, 1.807) is 0 Å². The number of benzene rings is 1. The average Bonchev–Trinajstić information content (AvgIpc) is 2.80. The summed E-state index contributed by atoms with van der Waals surface area (Å²) in [4.78, 5) is 14.6. The van der Waals surface area contributed by atoms with E-state index in [-0.39, 0.29) is 5.91 Å². The third-order valence-corrected chi connectivity index (χ3v) is 2.93. The van der Waals surface area contributed by atoms with Gasteiger partial charge in [0, 0.05) is 23.6 Å². The van der Waals surface area contributed by atoms with E-state index < -0.39 is 0 Å². The highest BCUT2D eigenvalue weighted by Crippen LogP contribution is 2.17. The first-order valence-corrected chi connectivity index (χ1v) is 6.33. The summed E-state index contributed by atoms with van der Waals surface area (Å²) in [5.41, 5.74) is 2.39. The van der Waals surface area contributed by atoms with Crippen molar-refractivity contribution >= 4 is 16.8 Å². The van der Waals surface area contributed by atoms with Gasteiger partial charge in [-0.05, 0) is 24.6 Å². The lowest BCUT2D eigenvalue weighted by atomic mass is 10.1. The Balaban J connectivity index is 1.85. The number of para-hydroxylation sites is 1. The molecule has 0 fully saturated rings. The number of rotatable bonds is 6. The Kier molecular flexibility index (Phi) is 4.36. The summed E-state index contributed by atoms with van der Waals surface area (Å²) in [6.45, 7) is 3.87. The van der Waals surface area contributed by atoms with E-state index >= 15 is 0 Å². The van der Waals surface area contributed by atoms with Crippen molar-refractivity contribution in [3.8, 4) is 0 Å². The summed E-state index contributed by atoms with van der Waals surface area (Å²) in [7, 11) is 0. The molecule has 1 heterocycles. The smallest absolute Gasteiger partial charge is 0.233 e. The van der Waals surface area contributed by atoms with Gasteiger partial charge in [0.1, 0.15) is 0 Å². The molecule has 0 radical (unpaired) electrons. The summed E-state index contributed by atoms with van der Waals surface area (Å²) in [6.07, 6.45) is 2.86. The van der Waals surface area contributed by atoms with E-state index in [2.05, 4.69) is 27.8 Å². The van der Waals surface area contributed by atoms with Crippen molar-refractivity contribution in [3.63, 3.8) is 0 Å². The second-order valence-corrected chi connectivity index (χ2v) is 4.24. The van der Waals surface area contributed by atoms with Crippen LogP contribution in [-0.2, 0) is 11.2 Å². The summed E-state index contributed by atoms with van der Waals surface area (Å²) in [6, 6.07) is 8.20. The number of aromatic amines is 1. The molecule has 0 saturated heterocycles. The minimum atomic E-state index is 0.0525. The highest BCUT2D eigenvalue weighted by molar-refractivity contribution is 5.83. The molecular weight excluding hydrogens is 226 g/mol. The minimum absolute atomic E-state index is 0.0525. The van der Waals surface area contributed by atoms with Crippen LogP contribution in [0.4, 0.5) is 0 Å².